The summed E-state index contributed by atoms with van der Waals surface area (Å²) in [4.78, 5) is 27.5. The van der Waals surface area contributed by atoms with Gasteiger partial charge in [-0.15, -0.1) is 49.7 Å². The molecule has 4 unspecified atom stereocenters. The average Bonchev–Trinajstić information content (AvgIpc) is 3.94. The molecule has 4 aromatic rings. The Morgan fingerprint density at radius 3 is 0.932 bits per heavy atom. The highest BCUT2D eigenvalue weighted by molar-refractivity contribution is 7.95. The van der Waals surface area contributed by atoms with Gasteiger partial charge in [-0.1, -0.05) is 41.5 Å². The van der Waals surface area contributed by atoms with Crippen molar-refractivity contribution < 1.29 is 46.8 Å². The Kier molecular flexibility index (Phi) is 22.2. The van der Waals surface area contributed by atoms with Crippen molar-refractivity contribution in [2.75, 3.05) is 0 Å². The van der Waals surface area contributed by atoms with Crippen LogP contribution in [0, 0.1) is 4.78 Å². The maximum atomic E-state index is 12.7. The van der Waals surface area contributed by atoms with Crippen LogP contribution in [0.2, 0.25) is 36.3 Å². The predicted octanol–water partition coefficient (Wildman–Crippen LogP) is 8.81. The van der Waals surface area contributed by atoms with Crippen molar-refractivity contribution >= 4 is 108 Å². The zero-order valence-electron chi connectivity index (χ0n) is 45.8. The number of aliphatic hydroxyl groups is 4. The number of amides is 1. The first-order valence-electron chi connectivity index (χ1n) is 22.1. The molecule has 0 aliphatic rings. The van der Waals surface area contributed by atoms with Crippen LogP contribution in [0.25, 0.3) is 0 Å². The van der Waals surface area contributed by atoms with E-state index in [9.17, 15) is 42.1 Å². The molecule has 4 rings (SSSR count). The summed E-state index contributed by atoms with van der Waals surface area (Å²) in [7, 11) is -16.8. The first kappa shape index (κ1) is 68.9. The lowest BCUT2D eigenvalue weighted by Gasteiger charge is -2.32. The van der Waals surface area contributed by atoms with Gasteiger partial charge in [0.1, 0.15) is 94.6 Å². The van der Waals surface area contributed by atoms with Gasteiger partial charge < -0.3 is 25.2 Å². The SMILES string of the molecule is CC(C)(C)OC(=O)N=S(N)(=O)c1cnc(C(C)(C)O)s1.CC(C)(O)c1ncc(S(=N)(N)=O)s1.CC(C)(O)c1ncc(S(N)(=O)=N[Si](C)(C)C(C)(C)C)s1.CC(C)(O)c1ncc(S(N)(=O)=N[Si](C)(C)C(C)(C)C)s1. The number of carbonyl (C=O) groups excluding carboxylic acids is 1. The minimum atomic E-state index is -3.43. The predicted molar refractivity (Wildman–Crippen MR) is 302 cm³/mol. The number of nitrogens with one attached hydrogen (secondary N) is 1. The van der Waals surface area contributed by atoms with Crippen LogP contribution in [0.4, 0.5) is 4.79 Å². The second kappa shape index (κ2) is 23.5. The molecule has 4 atom stereocenters. The van der Waals surface area contributed by atoms with Gasteiger partial charge in [0, 0.05) is 0 Å². The first-order chi connectivity index (χ1) is 31.9. The van der Waals surface area contributed by atoms with Crippen LogP contribution >= 0.6 is 45.3 Å². The fraction of sp³-hybridized carbons (Fsp3) is 0.683. The standard InChI is InChI=1S/2C12H25N3O2S2Si.C11H19N3O4S2.C6H11N3O2S2/c2*1-11(2,3)20(6,7)15-19(13,17)9-8-14-10(18-9)12(4,5)16;1-10(2,3)18-9(15)14-20(12,17)7-6-13-8(19-7)11(4,5)16;1-6(2,10)5-9-3-4(12-5)13(7,8)11/h2*8,16H,1-7H3,(H2,13,15,17);6,16H,1-5H3,(H2,12,14,15,17);3,10H,1-2H3,(H3,7,8,11). The molecular formula is C41H80N12O10S8Si2. The molecule has 0 saturated heterocycles. The molecule has 0 aliphatic heterocycles. The van der Waals surface area contributed by atoms with E-state index in [4.69, 9.17) is 30.1 Å². The van der Waals surface area contributed by atoms with Crippen LogP contribution in [0.5, 0.6) is 0 Å². The second-order valence-corrected chi connectivity index (χ2v) is 45.3. The molecule has 0 radical (unpaired) electrons. The van der Waals surface area contributed by atoms with Gasteiger partial charge >= 0.3 is 6.09 Å². The molecule has 32 heteroatoms. The largest absolute Gasteiger partial charge is 0.443 e. The normalized spacial score (nSPS) is 16.5. The number of ether oxygens (including phenoxy) is 1. The van der Waals surface area contributed by atoms with Crippen LogP contribution in [0.1, 0.15) is 138 Å². The third kappa shape index (κ3) is 21.7. The molecule has 0 fully saturated rings. The van der Waals surface area contributed by atoms with Crippen molar-refractivity contribution in [3.8, 4) is 0 Å². The summed E-state index contributed by atoms with van der Waals surface area (Å²) >= 11 is 4.27. The molecule has 0 aromatic carbocycles. The molecule has 0 saturated carbocycles. The Morgan fingerprint density at radius 2 is 0.740 bits per heavy atom. The molecule has 73 heavy (non-hydrogen) atoms. The van der Waals surface area contributed by atoms with Gasteiger partial charge in [0.15, 0.2) is 26.4 Å². The van der Waals surface area contributed by atoms with Crippen LogP contribution in [-0.2, 0) is 66.8 Å². The number of hydrogen-bond donors (Lipinski definition) is 9. The van der Waals surface area contributed by atoms with Crippen LogP contribution in [0.15, 0.2) is 54.0 Å². The summed E-state index contributed by atoms with van der Waals surface area (Å²) in [5, 5.41) is 63.4. The van der Waals surface area contributed by atoms with E-state index in [1.807, 2.05) is 0 Å². The highest BCUT2D eigenvalue weighted by atomic mass is 32.3. The third-order valence-electron chi connectivity index (χ3n) is 10.2. The molecule has 22 nitrogen and oxygen atoms in total. The fourth-order valence-corrected chi connectivity index (χ4v) is 20.0. The minimum Gasteiger partial charge on any atom is -0.442 e. The summed E-state index contributed by atoms with van der Waals surface area (Å²) in [6.45, 7) is 38.5. The maximum absolute atomic E-state index is 12.7. The van der Waals surface area contributed by atoms with Crippen molar-refractivity contribution in [3.05, 3.63) is 44.8 Å². The Labute approximate surface area is 452 Å². The number of nitrogens with two attached hydrogens (primary N) is 4. The van der Waals surface area contributed by atoms with Gasteiger partial charge in [0.05, 0.1) is 24.8 Å². The number of carbonyl (C=O) groups is 1. The fourth-order valence-electron chi connectivity index (χ4n) is 4.19. The zero-order chi connectivity index (χ0) is 58.0. The molecule has 13 N–H and O–H groups in total. The molecule has 0 spiro atoms. The van der Waals surface area contributed by atoms with Crippen LogP contribution in [-0.4, -0.2) is 85.4 Å². The number of aromatic nitrogens is 4. The third-order valence-corrected chi connectivity index (χ3v) is 34.8. The molecule has 4 heterocycles. The Bertz CT molecular complexity index is 2930. The summed E-state index contributed by atoms with van der Waals surface area (Å²) in [6, 6.07) is 0. The first-order valence-corrected chi connectivity index (χ1v) is 37.6. The number of nitrogens with zero attached hydrogens (tertiary/aromatic N) is 7. The van der Waals surface area contributed by atoms with Crippen molar-refractivity contribution in [1.29, 1.82) is 4.78 Å². The monoisotopic (exact) mass is 1210 g/mol. The maximum Gasteiger partial charge on any atom is 0.443 e. The van der Waals surface area contributed by atoms with Crippen molar-refractivity contribution in [2.24, 2.45) is 33.0 Å². The quantitative estimate of drug-likeness (QED) is 0.0670. The Morgan fingerprint density at radius 1 is 0.507 bits per heavy atom. The summed E-state index contributed by atoms with van der Waals surface area (Å²) in [6.07, 6.45) is 4.46. The lowest BCUT2D eigenvalue weighted by Crippen LogP contribution is -2.37. The second-order valence-electron chi connectivity index (χ2n) is 22.9. The lowest BCUT2D eigenvalue weighted by molar-refractivity contribution is 0.0606. The molecular weight excluding hydrogens is 1130 g/mol. The van der Waals surface area contributed by atoms with E-state index in [1.54, 1.807) is 76.2 Å². The zero-order valence-corrected chi connectivity index (χ0v) is 54.3. The molecule has 420 valence electrons. The Hall–Kier alpha value is -2.10. The van der Waals surface area contributed by atoms with E-state index >= 15 is 0 Å². The van der Waals surface area contributed by atoms with E-state index in [0.717, 1.165) is 45.3 Å². The minimum absolute atomic E-state index is 0.0290. The van der Waals surface area contributed by atoms with E-state index in [-0.39, 0.29) is 18.5 Å². The van der Waals surface area contributed by atoms with Crippen molar-refractivity contribution in [3.63, 3.8) is 0 Å². The molecule has 4 aromatic heterocycles. The van der Waals surface area contributed by atoms with Gasteiger partial charge in [-0.05, 0) is 112 Å². The summed E-state index contributed by atoms with van der Waals surface area (Å²) < 4.78 is 74.3. The van der Waals surface area contributed by atoms with Crippen molar-refractivity contribution in [2.45, 2.75) is 199 Å². The van der Waals surface area contributed by atoms with E-state index in [0.29, 0.717) is 28.4 Å². The number of hydrogen-bond acceptors (Lipinski definition) is 21. The molecule has 0 bridgehead atoms. The lowest BCUT2D eigenvalue weighted by atomic mass is 10.2. The highest BCUT2D eigenvalue weighted by Gasteiger charge is 2.39. The van der Waals surface area contributed by atoms with Crippen LogP contribution in [0.3, 0.4) is 0 Å². The van der Waals surface area contributed by atoms with Crippen LogP contribution < -0.4 is 20.6 Å². The highest BCUT2D eigenvalue weighted by Crippen LogP contribution is 2.40. The molecule has 1 amide bonds. The van der Waals surface area contributed by atoms with E-state index < -0.39 is 90.2 Å². The topological polar surface area (TPSA) is 392 Å². The van der Waals surface area contributed by atoms with Gasteiger partial charge in [-0.3, -0.25) is 8.06 Å². The Balaban J connectivity index is 0.000000492. The van der Waals surface area contributed by atoms with Gasteiger partial charge in [-0.2, -0.15) is 0 Å². The molecule has 0 aliphatic carbocycles. The number of thiazole rings is 4. The summed E-state index contributed by atoms with van der Waals surface area (Å²) in [5.74, 6) is 0. The van der Waals surface area contributed by atoms with Crippen molar-refractivity contribution in [1.82, 2.24) is 19.9 Å². The van der Waals surface area contributed by atoms with Gasteiger partial charge in [-0.25, -0.2) is 66.9 Å². The summed E-state index contributed by atoms with van der Waals surface area (Å²) in [5.41, 5.74) is -5.12. The number of rotatable bonds is 10. The van der Waals surface area contributed by atoms with E-state index in [2.05, 4.69) is 100 Å². The van der Waals surface area contributed by atoms with Gasteiger partial charge in [0.25, 0.3) is 0 Å². The smallest absolute Gasteiger partial charge is 0.442 e. The van der Waals surface area contributed by atoms with Gasteiger partial charge in [0.2, 0.25) is 0 Å². The average molecular weight is 1210 g/mol. The van der Waals surface area contributed by atoms with E-state index in [1.165, 1.54) is 24.8 Å².